The number of nitrogens with one attached hydrogen (secondary N) is 1. The van der Waals surface area contributed by atoms with Crippen LogP contribution in [-0.4, -0.2) is 37.7 Å². The molecule has 3 rings (SSSR count). The summed E-state index contributed by atoms with van der Waals surface area (Å²) >= 11 is 1.29. The van der Waals surface area contributed by atoms with Crippen LogP contribution < -0.4 is 10.1 Å². The molecule has 10 nitrogen and oxygen atoms in total. The Balaban J connectivity index is 1.59. The molecule has 11 heteroatoms. The maximum Gasteiger partial charge on any atom is 0.307 e. The monoisotopic (exact) mass is 360 g/mol. The van der Waals surface area contributed by atoms with Crippen LogP contribution in [0.4, 0.5) is 5.69 Å². The molecule has 128 valence electrons. The van der Waals surface area contributed by atoms with Gasteiger partial charge in [0.2, 0.25) is 5.91 Å². The highest BCUT2D eigenvalue weighted by Crippen LogP contribution is 2.14. The number of nitrogens with zero attached hydrogens (tertiary/aromatic N) is 5. The highest BCUT2D eigenvalue weighted by Gasteiger charge is 2.15. The number of amidine groups is 1. The van der Waals surface area contributed by atoms with Crippen molar-refractivity contribution in [1.29, 1.82) is 0 Å². The van der Waals surface area contributed by atoms with Gasteiger partial charge in [-0.1, -0.05) is 23.9 Å². The van der Waals surface area contributed by atoms with E-state index < -0.39 is 4.92 Å². The third kappa shape index (κ3) is 4.64. The number of hydrogen-bond donors (Lipinski definition) is 1. The van der Waals surface area contributed by atoms with Crippen molar-refractivity contribution >= 4 is 34.7 Å². The molecule has 0 saturated carbocycles. The zero-order valence-corrected chi connectivity index (χ0v) is 13.5. The van der Waals surface area contributed by atoms with E-state index in [2.05, 4.69) is 20.6 Å². The van der Waals surface area contributed by atoms with Crippen molar-refractivity contribution in [2.45, 2.75) is 6.73 Å². The van der Waals surface area contributed by atoms with E-state index in [0.29, 0.717) is 16.7 Å². The van der Waals surface area contributed by atoms with E-state index in [0.717, 1.165) is 11.8 Å². The van der Waals surface area contributed by atoms with Crippen LogP contribution in [0.25, 0.3) is 0 Å². The number of carbonyl (C=O) groups excluding carboxylic acids is 1. The fourth-order valence-electron chi connectivity index (χ4n) is 1.87. The molecule has 1 aliphatic heterocycles. The Labute approximate surface area is 145 Å². The van der Waals surface area contributed by atoms with Crippen LogP contribution in [0.15, 0.2) is 46.9 Å². The van der Waals surface area contributed by atoms with Gasteiger partial charge in [-0.05, 0) is 17.7 Å². The van der Waals surface area contributed by atoms with Crippen molar-refractivity contribution in [3.05, 3.63) is 52.3 Å². The molecule has 1 aromatic heterocycles. The Hall–Kier alpha value is -3.21. The lowest BCUT2D eigenvalue weighted by atomic mass is 10.2. The summed E-state index contributed by atoms with van der Waals surface area (Å²) in [5, 5.41) is 25.3. The molecular weight excluding hydrogens is 348 g/mol. The van der Waals surface area contributed by atoms with Gasteiger partial charge in [0.05, 0.1) is 16.9 Å². The standard InChI is InChI=1S/C14H12N6O4S/c21-13-8-25-14(17-13)18-15-5-10-2-1-3-12(4-10)24-9-19-7-11(6-16-19)20(22)23/h1-7H,8-9H2,(H,17,18,21). The zero-order valence-electron chi connectivity index (χ0n) is 12.7. The Kier molecular flexibility index (Phi) is 5.04. The van der Waals surface area contributed by atoms with Gasteiger partial charge in [0, 0.05) is 0 Å². The fraction of sp³-hybridized carbons (Fsp3) is 0.143. The molecule has 0 bridgehead atoms. The van der Waals surface area contributed by atoms with Crippen molar-refractivity contribution in [2.24, 2.45) is 10.2 Å². The maximum absolute atomic E-state index is 11.0. The number of benzene rings is 1. The number of hydrogen-bond acceptors (Lipinski definition) is 8. The van der Waals surface area contributed by atoms with Gasteiger partial charge >= 0.3 is 5.69 Å². The first-order valence-corrected chi connectivity index (χ1v) is 8.02. The molecule has 1 fully saturated rings. The average molecular weight is 360 g/mol. The van der Waals surface area contributed by atoms with E-state index in [-0.39, 0.29) is 18.3 Å². The summed E-state index contributed by atoms with van der Waals surface area (Å²) in [5.74, 6) is 0.815. The van der Waals surface area contributed by atoms with Crippen LogP contribution >= 0.6 is 11.8 Å². The first-order valence-electron chi connectivity index (χ1n) is 7.03. The molecule has 2 aromatic rings. The second-order valence-electron chi connectivity index (χ2n) is 4.83. The molecule has 0 atom stereocenters. The molecule has 0 unspecified atom stereocenters. The number of aromatic nitrogens is 2. The molecule has 0 spiro atoms. The summed E-state index contributed by atoms with van der Waals surface area (Å²) in [4.78, 5) is 21.1. The summed E-state index contributed by atoms with van der Waals surface area (Å²) in [6.07, 6.45) is 3.98. The number of amides is 1. The van der Waals surface area contributed by atoms with Crippen LogP contribution in [0.5, 0.6) is 5.75 Å². The number of ether oxygens (including phenoxy) is 1. The summed E-state index contributed by atoms with van der Waals surface area (Å²) in [6, 6.07) is 7.08. The minimum atomic E-state index is -0.521. The third-order valence-corrected chi connectivity index (χ3v) is 3.86. The number of nitro groups is 1. The summed E-state index contributed by atoms with van der Waals surface area (Å²) < 4.78 is 6.86. The predicted molar refractivity (Wildman–Crippen MR) is 91.6 cm³/mol. The second-order valence-corrected chi connectivity index (χ2v) is 5.79. The van der Waals surface area contributed by atoms with Gasteiger partial charge in [0.25, 0.3) is 0 Å². The van der Waals surface area contributed by atoms with Crippen molar-refractivity contribution in [2.75, 3.05) is 5.75 Å². The largest absolute Gasteiger partial charge is 0.471 e. The molecule has 25 heavy (non-hydrogen) atoms. The minimum Gasteiger partial charge on any atom is -0.471 e. The first kappa shape index (κ1) is 16.6. The third-order valence-electron chi connectivity index (χ3n) is 2.99. The maximum atomic E-state index is 11.0. The average Bonchev–Trinajstić information content (AvgIpc) is 3.23. The van der Waals surface area contributed by atoms with Crippen LogP contribution in [0.3, 0.4) is 0 Å². The van der Waals surface area contributed by atoms with Gasteiger partial charge in [0.1, 0.15) is 18.1 Å². The molecule has 1 saturated heterocycles. The second kappa shape index (κ2) is 7.57. The topological polar surface area (TPSA) is 124 Å². The van der Waals surface area contributed by atoms with E-state index in [1.54, 1.807) is 18.2 Å². The Morgan fingerprint density at radius 2 is 2.40 bits per heavy atom. The molecule has 2 heterocycles. The summed E-state index contributed by atoms with van der Waals surface area (Å²) in [5.41, 5.74) is 0.656. The molecule has 1 aliphatic rings. The van der Waals surface area contributed by atoms with Gasteiger partial charge in [-0.2, -0.15) is 10.2 Å². The van der Waals surface area contributed by atoms with Crippen LogP contribution in [0, 0.1) is 10.1 Å². The number of thioether (sulfide) groups is 1. The zero-order chi connectivity index (χ0) is 17.6. The van der Waals surface area contributed by atoms with E-state index in [4.69, 9.17) is 4.74 Å². The highest BCUT2D eigenvalue weighted by atomic mass is 32.2. The Morgan fingerprint density at radius 1 is 1.52 bits per heavy atom. The van der Waals surface area contributed by atoms with Gasteiger partial charge in [-0.15, -0.1) is 5.10 Å². The molecular formula is C14H12N6O4S. The highest BCUT2D eigenvalue weighted by molar-refractivity contribution is 8.15. The van der Waals surface area contributed by atoms with E-state index >= 15 is 0 Å². The van der Waals surface area contributed by atoms with E-state index in [1.165, 1.54) is 28.9 Å². The Bertz CT molecular complexity index is 863. The predicted octanol–water partition coefficient (Wildman–Crippen LogP) is 1.38. The van der Waals surface area contributed by atoms with Gasteiger partial charge in [-0.3, -0.25) is 14.9 Å². The van der Waals surface area contributed by atoms with Crippen LogP contribution in [0.1, 0.15) is 5.56 Å². The quantitative estimate of drug-likeness (QED) is 0.471. The van der Waals surface area contributed by atoms with Crippen LogP contribution in [0.2, 0.25) is 0 Å². The lowest BCUT2D eigenvalue weighted by Crippen LogP contribution is -2.19. The normalized spacial score (nSPS) is 15.7. The van der Waals surface area contributed by atoms with Gasteiger partial charge in [-0.25, -0.2) is 4.68 Å². The molecule has 1 N–H and O–H groups in total. The van der Waals surface area contributed by atoms with E-state index in [1.807, 2.05) is 6.07 Å². The lowest BCUT2D eigenvalue weighted by Gasteiger charge is -2.06. The number of carbonyl (C=O) groups is 1. The SMILES string of the molecule is O=C1CSC(=NN=Cc2cccc(OCn3cc([N+](=O)[O-])cn3)c2)N1. The molecule has 0 radical (unpaired) electrons. The Morgan fingerprint density at radius 3 is 3.12 bits per heavy atom. The fourth-order valence-corrected chi connectivity index (χ4v) is 2.50. The minimum absolute atomic E-state index is 0.0411. The van der Waals surface area contributed by atoms with Crippen molar-refractivity contribution in [3.8, 4) is 5.75 Å². The lowest BCUT2D eigenvalue weighted by molar-refractivity contribution is -0.385. The molecule has 1 aromatic carbocycles. The molecule has 1 amide bonds. The van der Waals surface area contributed by atoms with Gasteiger partial charge in [0.15, 0.2) is 11.9 Å². The molecule has 0 aliphatic carbocycles. The van der Waals surface area contributed by atoms with Gasteiger partial charge < -0.3 is 10.1 Å². The smallest absolute Gasteiger partial charge is 0.307 e. The van der Waals surface area contributed by atoms with Crippen molar-refractivity contribution < 1.29 is 14.5 Å². The van der Waals surface area contributed by atoms with E-state index in [9.17, 15) is 14.9 Å². The van der Waals surface area contributed by atoms with Crippen LogP contribution in [-0.2, 0) is 11.5 Å². The first-order chi connectivity index (χ1) is 12.1. The van der Waals surface area contributed by atoms with Crippen molar-refractivity contribution in [3.63, 3.8) is 0 Å². The van der Waals surface area contributed by atoms with Crippen molar-refractivity contribution in [1.82, 2.24) is 15.1 Å². The number of rotatable bonds is 6. The summed E-state index contributed by atoms with van der Waals surface area (Å²) in [6.45, 7) is 0.0411. The summed E-state index contributed by atoms with van der Waals surface area (Å²) in [7, 11) is 0.